The van der Waals surface area contributed by atoms with Crippen molar-refractivity contribution in [1.29, 1.82) is 0 Å². The molecule has 5 heteroatoms. The van der Waals surface area contributed by atoms with Crippen LogP contribution in [0.2, 0.25) is 0 Å². The first-order valence-electron chi connectivity index (χ1n) is 6.68. The molecule has 0 fully saturated rings. The average molecular weight is 267 g/mol. The van der Waals surface area contributed by atoms with Crippen LogP contribution in [-0.2, 0) is 13.5 Å². The number of fused-ring (bicyclic) bond motifs is 1. The summed E-state index contributed by atoms with van der Waals surface area (Å²) < 4.78 is 1.82. The normalized spacial score (nSPS) is 10.9. The van der Waals surface area contributed by atoms with Gasteiger partial charge in [-0.25, -0.2) is 0 Å². The van der Waals surface area contributed by atoms with Gasteiger partial charge in [0.1, 0.15) is 0 Å². The van der Waals surface area contributed by atoms with Crippen LogP contribution < -0.4 is 5.32 Å². The standard InChI is InChI=1S/C15H17N5/c1-11-13-5-3-4-6-14(13)15(18-17-11)16-9-7-12-8-10-20(2)19-12/h3-6,8,10H,7,9H2,1-2H3,(H,16,18). The number of hydrogen-bond acceptors (Lipinski definition) is 4. The Labute approximate surface area is 117 Å². The van der Waals surface area contributed by atoms with E-state index < -0.39 is 0 Å². The van der Waals surface area contributed by atoms with Crippen LogP contribution in [0.3, 0.4) is 0 Å². The first kappa shape index (κ1) is 12.6. The van der Waals surface area contributed by atoms with E-state index in [0.29, 0.717) is 0 Å². The van der Waals surface area contributed by atoms with E-state index in [0.717, 1.165) is 40.9 Å². The Morgan fingerprint density at radius 1 is 1.10 bits per heavy atom. The number of aromatic nitrogens is 4. The van der Waals surface area contributed by atoms with Crippen LogP contribution in [-0.4, -0.2) is 26.5 Å². The summed E-state index contributed by atoms with van der Waals surface area (Å²) in [5.74, 6) is 0.835. The van der Waals surface area contributed by atoms with Crippen LogP contribution in [0.5, 0.6) is 0 Å². The van der Waals surface area contributed by atoms with Crippen LogP contribution >= 0.6 is 0 Å². The maximum absolute atomic E-state index is 4.36. The molecule has 3 rings (SSSR count). The molecule has 0 spiro atoms. The van der Waals surface area contributed by atoms with Crippen molar-refractivity contribution in [3.63, 3.8) is 0 Å². The first-order chi connectivity index (χ1) is 9.74. The molecule has 0 atom stereocenters. The Morgan fingerprint density at radius 2 is 1.90 bits per heavy atom. The lowest BCUT2D eigenvalue weighted by molar-refractivity contribution is 0.741. The van der Waals surface area contributed by atoms with Crippen LogP contribution in [0.25, 0.3) is 10.8 Å². The predicted octanol–water partition coefficient (Wildman–Crippen LogP) is 2.33. The molecule has 2 aromatic heterocycles. The van der Waals surface area contributed by atoms with E-state index >= 15 is 0 Å². The van der Waals surface area contributed by atoms with Gasteiger partial charge in [-0.3, -0.25) is 4.68 Å². The van der Waals surface area contributed by atoms with Crippen LogP contribution in [0.15, 0.2) is 36.5 Å². The molecule has 0 aliphatic heterocycles. The smallest absolute Gasteiger partial charge is 0.156 e. The summed E-state index contributed by atoms with van der Waals surface area (Å²) in [7, 11) is 1.93. The van der Waals surface area contributed by atoms with Gasteiger partial charge in [0.15, 0.2) is 5.82 Å². The molecule has 0 bridgehead atoms. The predicted molar refractivity (Wildman–Crippen MR) is 79.7 cm³/mol. The quantitative estimate of drug-likeness (QED) is 0.788. The molecule has 0 saturated heterocycles. The topological polar surface area (TPSA) is 55.6 Å². The van der Waals surface area contributed by atoms with E-state index in [2.05, 4.69) is 32.7 Å². The zero-order valence-electron chi connectivity index (χ0n) is 11.7. The van der Waals surface area contributed by atoms with Gasteiger partial charge < -0.3 is 5.32 Å². The summed E-state index contributed by atoms with van der Waals surface area (Å²) in [4.78, 5) is 0. The minimum atomic E-state index is 0.790. The lowest BCUT2D eigenvalue weighted by atomic mass is 10.1. The van der Waals surface area contributed by atoms with E-state index in [9.17, 15) is 0 Å². The zero-order valence-corrected chi connectivity index (χ0v) is 11.7. The molecule has 0 aliphatic carbocycles. The molecular formula is C15H17N5. The highest BCUT2D eigenvalue weighted by atomic mass is 15.2. The fourth-order valence-corrected chi connectivity index (χ4v) is 2.27. The largest absolute Gasteiger partial charge is 0.368 e. The number of anilines is 1. The lowest BCUT2D eigenvalue weighted by Crippen LogP contribution is -2.08. The number of aryl methyl sites for hydroxylation is 2. The Morgan fingerprint density at radius 3 is 2.65 bits per heavy atom. The fraction of sp³-hybridized carbons (Fsp3) is 0.267. The van der Waals surface area contributed by atoms with E-state index in [1.54, 1.807) is 0 Å². The Balaban J connectivity index is 1.76. The van der Waals surface area contributed by atoms with Crippen molar-refractivity contribution >= 4 is 16.6 Å². The first-order valence-corrected chi connectivity index (χ1v) is 6.68. The second-order valence-corrected chi connectivity index (χ2v) is 4.84. The third-order valence-corrected chi connectivity index (χ3v) is 3.31. The third kappa shape index (κ3) is 2.47. The molecule has 5 nitrogen and oxygen atoms in total. The van der Waals surface area contributed by atoms with Crippen LogP contribution in [0.1, 0.15) is 11.4 Å². The Kier molecular flexibility index (Phi) is 3.33. The highest BCUT2D eigenvalue weighted by Gasteiger charge is 2.05. The fourth-order valence-electron chi connectivity index (χ4n) is 2.27. The number of rotatable bonds is 4. The van der Waals surface area contributed by atoms with Gasteiger partial charge in [-0.05, 0) is 13.0 Å². The second kappa shape index (κ2) is 5.28. The molecule has 0 radical (unpaired) electrons. The van der Waals surface area contributed by atoms with Crippen molar-refractivity contribution in [2.45, 2.75) is 13.3 Å². The average Bonchev–Trinajstić information content (AvgIpc) is 2.87. The molecule has 2 heterocycles. The molecule has 3 aromatic rings. The lowest BCUT2D eigenvalue weighted by Gasteiger charge is -2.08. The van der Waals surface area contributed by atoms with E-state index in [-0.39, 0.29) is 0 Å². The van der Waals surface area contributed by atoms with Gasteiger partial charge in [-0.1, -0.05) is 24.3 Å². The van der Waals surface area contributed by atoms with Gasteiger partial charge in [-0.15, -0.1) is 5.10 Å². The van der Waals surface area contributed by atoms with E-state index in [4.69, 9.17) is 0 Å². The summed E-state index contributed by atoms with van der Waals surface area (Å²) in [6, 6.07) is 10.2. The summed E-state index contributed by atoms with van der Waals surface area (Å²) in [6.07, 6.45) is 2.82. The molecule has 0 unspecified atom stereocenters. The van der Waals surface area contributed by atoms with Crippen LogP contribution in [0.4, 0.5) is 5.82 Å². The van der Waals surface area contributed by atoms with Crippen molar-refractivity contribution < 1.29 is 0 Å². The number of hydrogen-bond donors (Lipinski definition) is 1. The highest BCUT2D eigenvalue weighted by molar-refractivity contribution is 5.92. The minimum Gasteiger partial charge on any atom is -0.368 e. The van der Waals surface area contributed by atoms with Crippen molar-refractivity contribution in [3.8, 4) is 0 Å². The molecule has 0 amide bonds. The van der Waals surface area contributed by atoms with E-state index in [1.807, 2.05) is 43.0 Å². The molecule has 1 aromatic carbocycles. The number of nitrogens with zero attached hydrogens (tertiary/aromatic N) is 4. The highest BCUT2D eigenvalue weighted by Crippen LogP contribution is 2.22. The Bertz CT molecular complexity index is 732. The molecule has 102 valence electrons. The zero-order chi connectivity index (χ0) is 13.9. The SMILES string of the molecule is Cc1nnc(NCCc2ccn(C)n2)c2ccccc12. The van der Waals surface area contributed by atoms with Gasteiger partial charge in [0.2, 0.25) is 0 Å². The summed E-state index contributed by atoms with van der Waals surface area (Å²) >= 11 is 0. The van der Waals surface area contributed by atoms with Gasteiger partial charge >= 0.3 is 0 Å². The number of nitrogens with one attached hydrogen (secondary N) is 1. The number of benzene rings is 1. The summed E-state index contributed by atoms with van der Waals surface area (Å²) in [6.45, 7) is 2.77. The molecule has 0 saturated carbocycles. The molecule has 20 heavy (non-hydrogen) atoms. The van der Waals surface area contributed by atoms with Gasteiger partial charge in [0, 0.05) is 37.0 Å². The summed E-state index contributed by atoms with van der Waals surface area (Å²) in [5, 5.41) is 18.4. The molecule has 1 N–H and O–H groups in total. The van der Waals surface area contributed by atoms with Crippen molar-refractivity contribution in [1.82, 2.24) is 20.0 Å². The third-order valence-electron chi connectivity index (χ3n) is 3.31. The molecular weight excluding hydrogens is 250 g/mol. The van der Waals surface area contributed by atoms with Crippen molar-refractivity contribution in [2.75, 3.05) is 11.9 Å². The second-order valence-electron chi connectivity index (χ2n) is 4.84. The minimum absolute atomic E-state index is 0.790. The maximum atomic E-state index is 4.36. The van der Waals surface area contributed by atoms with Gasteiger partial charge in [-0.2, -0.15) is 10.2 Å². The Hall–Kier alpha value is -2.43. The van der Waals surface area contributed by atoms with Gasteiger partial charge in [0.05, 0.1) is 11.4 Å². The van der Waals surface area contributed by atoms with Gasteiger partial charge in [0.25, 0.3) is 0 Å². The van der Waals surface area contributed by atoms with Crippen molar-refractivity contribution in [2.24, 2.45) is 7.05 Å². The molecule has 0 aliphatic rings. The monoisotopic (exact) mass is 267 g/mol. The van der Waals surface area contributed by atoms with Crippen LogP contribution in [0, 0.1) is 6.92 Å². The van der Waals surface area contributed by atoms with Crippen molar-refractivity contribution in [3.05, 3.63) is 47.9 Å². The van der Waals surface area contributed by atoms with E-state index in [1.165, 1.54) is 0 Å². The maximum Gasteiger partial charge on any atom is 0.156 e. The summed E-state index contributed by atoms with van der Waals surface area (Å²) in [5.41, 5.74) is 2.03.